The van der Waals surface area contributed by atoms with Gasteiger partial charge in [-0.1, -0.05) is 11.6 Å². The van der Waals surface area contributed by atoms with Crippen LogP contribution in [0.5, 0.6) is 5.75 Å². The number of aromatic nitrogens is 2. The van der Waals surface area contributed by atoms with E-state index in [1.165, 1.54) is 0 Å². The first-order chi connectivity index (χ1) is 9.06. The van der Waals surface area contributed by atoms with Gasteiger partial charge in [-0.2, -0.15) is 0 Å². The Morgan fingerprint density at radius 2 is 2.00 bits per heavy atom. The summed E-state index contributed by atoms with van der Waals surface area (Å²) in [6.45, 7) is 3.93. The van der Waals surface area contributed by atoms with Crippen molar-refractivity contribution < 1.29 is 4.74 Å². The zero-order valence-electron chi connectivity index (χ0n) is 10.9. The monoisotopic (exact) mass is 277 g/mol. The zero-order valence-corrected chi connectivity index (χ0v) is 11.6. The van der Waals surface area contributed by atoms with Crippen molar-refractivity contribution in [2.75, 3.05) is 0 Å². The van der Waals surface area contributed by atoms with Gasteiger partial charge in [-0.05, 0) is 37.6 Å². The summed E-state index contributed by atoms with van der Waals surface area (Å²) in [6.07, 6.45) is 5.07. The van der Waals surface area contributed by atoms with Gasteiger partial charge >= 0.3 is 0 Å². The molecule has 0 aromatic carbocycles. The van der Waals surface area contributed by atoms with Crippen LogP contribution in [-0.4, -0.2) is 16.1 Å². The van der Waals surface area contributed by atoms with Gasteiger partial charge in [0.15, 0.2) is 0 Å². The maximum atomic E-state index is 6.16. The lowest BCUT2D eigenvalue weighted by molar-refractivity contribution is 0.241. The Morgan fingerprint density at radius 1 is 1.21 bits per heavy atom. The molecule has 2 rings (SSSR count). The number of hydrogen-bond donors (Lipinski definition) is 1. The molecule has 2 aromatic heterocycles. The van der Waals surface area contributed by atoms with Crippen LogP contribution in [-0.2, 0) is 0 Å². The molecule has 0 saturated carbocycles. The second-order valence-corrected chi connectivity index (χ2v) is 4.94. The van der Waals surface area contributed by atoms with Gasteiger partial charge in [0, 0.05) is 12.4 Å². The Morgan fingerprint density at radius 3 is 2.63 bits per heavy atom. The fourth-order valence-electron chi connectivity index (χ4n) is 1.68. The summed E-state index contributed by atoms with van der Waals surface area (Å²) in [4.78, 5) is 8.36. The highest BCUT2D eigenvalue weighted by molar-refractivity contribution is 6.30. The third kappa shape index (κ3) is 3.66. The molecule has 1 unspecified atom stereocenters. The Kier molecular flexibility index (Phi) is 4.35. The van der Waals surface area contributed by atoms with Crippen LogP contribution >= 0.6 is 11.6 Å². The molecule has 0 fully saturated rings. The van der Waals surface area contributed by atoms with Crippen molar-refractivity contribution in [2.24, 2.45) is 5.73 Å². The van der Waals surface area contributed by atoms with Gasteiger partial charge in [-0.25, -0.2) is 0 Å². The molecular formula is C14H16ClN3O. The summed E-state index contributed by atoms with van der Waals surface area (Å²) in [5, 5.41) is 0.589. The molecule has 100 valence electrons. The summed E-state index contributed by atoms with van der Waals surface area (Å²) in [5.41, 5.74) is 7.76. The van der Waals surface area contributed by atoms with Crippen molar-refractivity contribution in [1.82, 2.24) is 9.97 Å². The molecule has 2 heterocycles. The van der Waals surface area contributed by atoms with Crippen molar-refractivity contribution in [3.63, 3.8) is 0 Å². The smallest absolute Gasteiger partial charge is 0.138 e. The van der Waals surface area contributed by atoms with E-state index in [2.05, 4.69) is 9.97 Å². The number of halogens is 1. The SMILES string of the molecule is CC(C)Oc1cncc(C(N)c2ccc(Cl)cn2)c1. The van der Waals surface area contributed by atoms with Crippen LogP contribution in [0, 0.1) is 0 Å². The minimum absolute atomic E-state index is 0.0990. The van der Waals surface area contributed by atoms with Crippen molar-refractivity contribution in [2.45, 2.75) is 26.0 Å². The summed E-state index contributed by atoms with van der Waals surface area (Å²) in [5.74, 6) is 0.705. The molecule has 0 aliphatic rings. The van der Waals surface area contributed by atoms with Gasteiger partial charge < -0.3 is 10.5 Å². The average molecular weight is 278 g/mol. The first-order valence-corrected chi connectivity index (χ1v) is 6.42. The first-order valence-electron chi connectivity index (χ1n) is 6.05. The Hall–Kier alpha value is -1.65. The minimum Gasteiger partial charge on any atom is -0.489 e. The van der Waals surface area contributed by atoms with Gasteiger partial charge in [-0.15, -0.1) is 0 Å². The van der Waals surface area contributed by atoms with Crippen molar-refractivity contribution in [3.8, 4) is 5.75 Å². The van der Waals surface area contributed by atoms with E-state index in [-0.39, 0.29) is 12.1 Å². The predicted octanol–water partition coefficient (Wildman–Crippen LogP) is 2.97. The fraction of sp³-hybridized carbons (Fsp3) is 0.286. The van der Waals surface area contributed by atoms with Crippen LogP contribution in [0.1, 0.15) is 31.1 Å². The Bertz CT molecular complexity index is 543. The molecule has 19 heavy (non-hydrogen) atoms. The van der Waals surface area contributed by atoms with Crippen LogP contribution < -0.4 is 10.5 Å². The number of nitrogens with zero attached hydrogens (tertiary/aromatic N) is 2. The van der Waals surface area contributed by atoms with E-state index in [1.807, 2.05) is 26.0 Å². The normalized spacial score (nSPS) is 12.5. The molecule has 5 heteroatoms. The molecule has 0 aliphatic heterocycles. The van der Waals surface area contributed by atoms with Crippen molar-refractivity contribution >= 4 is 11.6 Å². The van der Waals surface area contributed by atoms with Crippen LogP contribution in [0.4, 0.5) is 0 Å². The number of pyridine rings is 2. The van der Waals surface area contributed by atoms with Gasteiger partial charge in [0.25, 0.3) is 0 Å². The average Bonchev–Trinajstić information content (AvgIpc) is 2.38. The first kappa shape index (κ1) is 13.8. The molecule has 2 N–H and O–H groups in total. The van der Waals surface area contributed by atoms with E-state index in [1.54, 1.807) is 24.7 Å². The van der Waals surface area contributed by atoms with E-state index in [9.17, 15) is 0 Å². The van der Waals surface area contributed by atoms with E-state index in [4.69, 9.17) is 22.1 Å². The molecule has 0 bridgehead atoms. The standard InChI is InChI=1S/C14H16ClN3O/c1-9(2)19-12-5-10(6-17-8-12)14(16)13-4-3-11(15)7-18-13/h3-9,14H,16H2,1-2H3. The highest BCUT2D eigenvalue weighted by Crippen LogP contribution is 2.22. The van der Waals surface area contributed by atoms with Gasteiger partial charge in [-0.3, -0.25) is 9.97 Å². The topological polar surface area (TPSA) is 61.0 Å². The van der Waals surface area contributed by atoms with E-state index in [0.29, 0.717) is 10.8 Å². The third-order valence-electron chi connectivity index (χ3n) is 2.53. The van der Waals surface area contributed by atoms with Crippen LogP contribution in [0.25, 0.3) is 0 Å². The van der Waals surface area contributed by atoms with Crippen LogP contribution in [0.2, 0.25) is 5.02 Å². The highest BCUT2D eigenvalue weighted by Gasteiger charge is 2.12. The summed E-state index contributed by atoms with van der Waals surface area (Å²) in [6, 6.07) is 5.11. The molecule has 0 aliphatic carbocycles. The molecule has 1 atom stereocenters. The molecular weight excluding hydrogens is 262 g/mol. The lowest BCUT2D eigenvalue weighted by Gasteiger charge is -2.14. The van der Waals surface area contributed by atoms with Gasteiger partial charge in [0.1, 0.15) is 5.75 Å². The molecule has 0 saturated heterocycles. The Balaban J connectivity index is 2.23. The molecule has 0 amide bonds. The minimum atomic E-state index is -0.347. The molecule has 2 aromatic rings. The molecule has 4 nitrogen and oxygen atoms in total. The van der Waals surface area contributed by atoms with E-state index < -0.39 is 0 Å². The molecule has 0 radical (unpaired) electrons. The molecule has 0 spiro atoms. The maximum absolute atomic E-state index is 6.16. The fourth-order valence-corrected chi connectivity index (χ4v) is 1.80. The van der Waals surface area contributed by atoms with E-state index >= 15 is 0 Å². The highest BCUT2D eigenvalue weighted by atomic mass is 35.5. The zero-order chi connectivity index (χ0) is 13.8. The predicted molar refractivity (Wildman–Crippen MR) is 75.3 cm³/mol. The second kappa shape index (κ2) is 5.99. The van der Waals surface area contributed by atoms with Crippen LogP contribution in [0.3, 0.4) is 0 Å². The van der Waals surface area contributed by atoms with Gasteiger partial charge in [0.2, 0.25) is 0 Å². The lowest BCUT2D eigenvalue weighted by Crippen LogP contribution is -2.14. The second-order valence-electron chi connectivity index (χ2n) is 4.50. The number of hydrogen-bond acceptors (Lipinski definition) is 4. The largest absolute Gasteiger partial charge is 0.489 e. The van der Waals surface area contributed by atoms with Gasteiger partial charge in [0.05, 0.1) is 29.1 Å². The summed E-state index contributed by atoms with van der Waals surface area (Å²) < 4.78 is 5.60. The number of ether oxygens (including phenoxy) is 1. The number of nitrogens with two attached hydrogens (primary N) is 1. The summed E-state index contributed by atoms with van der Waals surface area (Å²) >= 11 is 5.81. The van der Waals surface area contributed by atoms with Crippen LogP contribution in [0.15, 0.2) is 36.8 Å². The van der Waals surface area contributed by atoms with E-state index in [0.717, 1.165) is 11.3 Å². The quantitative estimate of drug-likeness (QED) is 0.933. The van der Waals surface area contributed by atoms with Crippen molar-refractivity contribution in [1.29, 1.82) is 0 Å². The summed E-state index contributed by atoms with van der Waals surface area (Å²) in [7, 11) is 0. The number of rotatable bonds is 4. The van der Waals surface area contributed by atoms with Crippen molar-refractivity contribution in [3.05, 3.63) is 53.1 Å². The lowest BCUT2D eigenvalue weighted by atomic mass is 10.1. The third-order valence-corrected chi connectivity index (χ3v) is 2.76. The maximum Gasteiger partial charge on any atom is 0.138 e. The Labute approximate surface area is 117 Å².